The molecule has 0 saturated carbocycles. The van der Waals surface area contributed by atoms with Crippen molar-refractivity contribution in [1.82, 2.24) is 5.32 Å². The number of sulfonamides is 1. The molecule has 0 aromatic heterocycles. The zero-order chi connectivity index (χ0) is 15.7. The molecule has 7 nitrogen and oxygen atoms in total. The zero-order valence-electron chi connectivity index (χ0n) is 11.7. The third-order valence-electron chi connectivity index (χ3n) is 3.56. The van der Waals surface area contributed by atoms with E-state index >= 15 is 0 Å². The molecular weight excluding hydrogens is 294 g/mol. The maximum Gasteiger partial charge on any atom is 0.243 e. The zero-order valence-corrected chi connectivity index (χ0v) is 12.5. The molecule has 1 heterocycles. The number of ether oxygens (including phenoxy) is 1. The molecule has 1 fully saturated rings. The van der Waals surface area contributed by atoms with Crippen LogP contribution in [0.25, 0.3) is 0 Å². The Morgan fingerprint density at radius 1 is 1.38 bits per heavy atom. The molecule has 1 amide bonds. The van der Waals surface area contributed by atoms with Gasteiger partial charge >= 0.3 is 0 Å². The summed E-state index contributed by atoms with van der Waals surface area (Å²) < 4.78 is 27.5. The lowest BCUT2D eigenvalue weighted by molar-refractivity contribution is -0.127. The molecule has 0 radical (unpaired) electrons. The summed E-state index contributed by atoms with van der Waals surface area (Å²) in [5.41, 5.74) is 5.75. The van der Waals surface area contributed by atoms with Gasteiger partial charge in [0.25, 0.3) is 0 Å². The van der Waals surface area contributed by atoms with E-state index in [0.717, 1.165) is 5.56 Å². The number of primary sulfonamides is 1. The maximum absolute atomic E-state index is 12.1. The second-order valence-corrected chi connectivity index (χ2v) is 6.83. The number of carbonyl (C=O) groups excluding carboxylic acids is 1. The van der Waals surface area contributed by atoms with Crippen LogP contribution in [-0.2, 0) is 19.6 Å². The lowest BCUT2D eigenvalue weighted by Crippen LogP contribution is -2.54. The van der Waals surface area contributed by atoms with Gasteiger partial charge in [0.15, 0.2) is 0 Å². The van der Waals surface area contributed by atoms with Crippen LogP contribution >= 0.6 is 0 Å². The van der Waals surface area contributed by atoms with Gasteiger partial charge in [0.05, 0.1) is 17.5 Å². The first-order valence-corrected chi connectivity index (χ1v) is 8.07. The first-order chi connectivity index (χ1) is 9.72. The van der Waals surface area contributed by atoms with Gasteiger partial charge in [-0.3, -0.25) is 4.79 Å². The minimum atomic E-state index is -3.72. The molecule has 2 rings (SSSR count). The molecular formula is C13H19N3O4S. The normalized spacial score (nSPS) is 23.8. The molecule has 0 aliphatic carbocycles. The minimum Gasteiger partial charge on any atom is -0.379 e. The summed E-state index contributed by atoms with van der Waals surface area (Å²) in [5.74, 6) is -0.275. The van der Waals surface area contributed by atoms with Gasteiger partial charge in [-0.1, -0.05) is 12.1 Å². The molecule has 1 aliphatic heterocycles. The van der Waals surface area contributed by atoms with Gasteiger partial charge in [-0.15, -0.1) is 0 Å². The fourth-order valence-corrected chi connectivity index (χ4v) is 2.65. The summed E-state index contributed by atoms with van der Waals surface area (Å²) in [4.78, 5) is 12.2. The molecule has 0 bridgehead atoms. The number of benzene rings is 1. The van der Waals surface area contributed by atoms with Gasteiger partial charge in [0.1, 0.15) is 5.54 Å². The topological polar surface area (TPSA) is 125 Å². The first kappa shape index (κ1) is 15.9. The van der Waals surface area contributed by atoms with E-state index in [0.29, 0.717) is 13.0 Å². The second-order valence-electron chi connectivity index (χ2n) is 5.27. The highest BCUT2D eigenvalue weighted by atomic mass is 32.2. The summed E-state index contributed by atoms with van der Waals surface area (Å²) in [6.07, 6.45) is 0.482. The lowest BCUT2D eigenvalue weighted by Gasteiger charge is -2.24. The largest absolute Gasteiger partial charge is 0.379 e. The van der Waals surface area contributed by atoms with Crippen LogP contribution in [-0.4, -0.2) is 33.1 Å². The molecule has 1 aromatic carbocycles. The van der Waals surface area contributed by atoms with E-state index in [2.05, 4.69) is 5.32 Å². The van der Waals surface area contributed by atoms with E-state index in [9.17, 15) is 13.2 Å². The minimum absolute atomic E-state index is 0.0317. The molecule has 2 atom stereocenters. The van der Waals surface area contributed by atoms with Crippen molar-refractivity contribution >= 4 is 15.9 Å². The quantitative estimate of drug-likeness (QED) is 0.699. The molecule has 1 saturated heterocycles. The number of hydrogen-bond acceptors (Lipinski definition) is 5. The van der Waals surface area contributed by atoms with E-state index < -0.39 is 15.6 Å². The Hall–Kier alpha value is -1.48. The summed E-state index contributed by atoms with van der Waals surface area (Å²) in [6, 6.07) is 5.74. The Morgan fingerprint density at radius 2 is 2.00 bits per heavy atom. The van der Waals surface area contributed by atoms with Gasteiger partial charge in [-0.25, -0.2) is 13.6 Å². The van der Waals surface area contributed by atoms with Crippen LogP contribution < -0.4 is 16.2 Å². The molecule has 1 aliphatic rings. The van der Waals surface area contributed by atoms with Gasteiger partial charge in [-0.05, 0) is 31.0 Å². The van der Waals surface area contributed by atoms with Crippen molar-refractivity contribution in [1.29, 1.82) is 0 Å². The fraction of sp³-hybridized carbons (Fsp3) is 0.462. The Bertz CT molecular complexity index is 621. The number of hydrogen-bond donors (Lipinski definition) is 3. The van der Waals surface area contributed by atoms with Crippen LogP contribution in [0.15, 0.2) is 29.2 Å². The van der Waals surface area contributed by atoms with Crippen molar-refractivity contribution in [2.45, 2.75) is 29.8 Å². The predicted molar refractivity (Wildman–Crippen MR) is 76.7 cm³/mol. The van der Waals surface area contributed by atoms with Crippen molar-refractivity contribution in [3.8, 4) is 0 Å². The van der Waals surface area contributed by atoms with E-state index in [4.69, 9.17) is 15.6 Å². The van der Waals surface area contributed by atoms with Crippen LogP contribution in [0.2, 0.25) is 0 Å². The van der Waals surface area contributed by atoms with Crippen LogP contribution in [0.1, 0.15) is 24.9 Å². The van der Waals surface area contributed by atoms with Crippen LogP contribution in [0.3, 0.4) is 0 Å². The molecule has 8 heteroatoms. The number of carbonyl (C=O) groups is 1. The summed E-state index contributed by atoms with van der Waals surface area (Å²) in [6.45, 7) is 2.47. The highest BCUT2D eigenvalue weighted by Gasteiger charge is 2.38. The maximum atomic E-state index is 12.1. The highest BCUT2D eigenvalue weighted by molar-refractivity contribution is 7.89. The van der Waals surface area contributed by atoms with Gasteiger partial charge in [-0.2, -0.15) is 0 Å². The van der Waals surface area contributed by atoms with Crippen molar-refractivity contribution < 1.29 is 17.9 Å². The molecule has 1 aromatic rings. The molecule has 2 unspecified atom stereocenters. The lowest BCUT2D eigenvalue weighted by atomic mass is 9.98. The van der Waals surface area contributed by atoms with Crippen molar-refractivity contribution in [3.05, 3.63) is 29.8 Å². The van der Waals surface area contributed by atoms with Gasteiger partial charge < -0.3 is 15.8 Å². The molecule has 5 N–H and O–H groups in total. The van der Waals surface area contributed by atoms with Crippen LogP contribution in [0.5, 0.6) is 0 Å². The molecule has 21 heavy (non-hydrogen) atoms. The monoisotopic (exact) mass is 313 g/mol. The SMILES string of the molecule is CC(NC(=O)C1(N)CCOC1)c1ccc(S(N)(=O)=O)cc1. The predicted octanol–water partition coefficient (Wildman–Crippen LogP) is -0.371. The summed E-state index contributed by atoms with van der Waals surface area (Å²) in [5, 5.41) is 7.85. The Balaban J connectivity index is 2.06. The van der Waals surface area contributed by atoms with Crippen LogP contribution in [0.4, 0.5) is 0 Å². The van der Waals surface area contributed by atoms with Crippen molar-refractivity contribution in [3.63, 3.8) is 0 Å². The summed E-state index contributed by atoms with van der Waals surface area (Å²) >= 11 is 0. The van der Waals surface area contributed by atoms with E-state index in [1.165, 1.54) is 12.1 Å². The number of nitrogens with one attached hydrogen (secondary N) is 1. The average molecular weight is 313 g/mol. The van der Waals surface area contributed by atoms with Gasteiger partial charge in [0.2, 0.25) is 15.9 Å². The third-order valence-corrected chi connectivity index (χ3v) is 4.49. The summed E-state index contributed by atoms with van der Waals surface area (Å²) in [7, 11) is -3.72. The first-order valence-electron chi connectivity index (χ1n) is 6.53. The van der Waals surface area contributed by atoms with Gasteiger partial charge in [0, 0.05) is 6.61 Å². The number of rotatable bonds is 4. The Morgan fingerprint density at radius 3 is 2.48 bits per heavy atom. The number of nitrogens with two attached hydrogens (primary N) is 2. The van der Waals surface area contributed by atoms with E-state index in [1.807, 2.05) is 0 Å². The highest BCUT2D eigenvalue weighted by Crippen LogP contribution is 2.19. The van der Waals surface area contributed by atoms with E-state index in [1.54, 1.807) is 19.1 Å². The van der Waals surface area contributed by atoms with Crippen LogP contribution in [0, 0.1) is 0 Å². The second kappa shape index (κ2) is 5.72. The molecule has 0 spiro atoms. The average Bonchev–Trinajstić information content (AvgIpc) is 2.86. The Labute approximate surface area is 123 Å². The number of amides is 1. The smallest absolute Gasteiger partial charge is 0.243 e. The third kappa shape index (κ3) is 3.59. The fourth-order valence-electron chi connectivity index (χ4n) is 2.13. The van der Waals surface area contributed by atoms with Crippen molar-refractivity contribution in [2.75, 3.05) is 13.2 Å². The Kier molecular flexibility index (Phi) is 4.33. The van der Waals surface area contributed by atoms with E-state index in [-0.39, 0.29) is 23.5 Å². The standard InChI is InChI=1S/C13H19N3O4S/c1-9(16-12(17)13(14)6-7-20-8-13)10-2-4-11(5-3-10)21(15,18)19/h2-5,9H,6-8,14H2,1H3,(H,16,17)(H2,15,18,19). The molecule has 116 valence electrons. The van der Waals surface area contributed by atoms with Crippen molar-refractivity contribution in [2.24, 2.45) is 10.9 Å².